The number of benzene rings is 1. The third-order valence-corrected chi connectivity index (χ3v) is 4.26. The van der Waals surface area contributed by atoms with Crippen LogP contribution in [0.1, 0.15) is 22.5 Å². The van der Waals surface area contributed by atoms with Crippen LogP contribution in [0.4, 0.5) is 5.69 Å². The number of nitrogens with one attached hydrogen (secondary N) is 2. The Balaban J connectivity index is 1.55. The van der Waals surface area contributed by atoms with E-state index in [1.807, 2.05) is 18.2 Å². The molecule has 120 valence electrons. The van der Waals surface area contributed by atoms with Crippen molar-refractivity contribution in [3.8, 4) is 0 Å². The summed E-state index contributed by atoms with van der Waals surface area (Å²) in [7, 11) is 0. The van der Waals surface area contributed by atoms with Gasteiger partial charge < -0.3 is 15.2 Å². The van der Waals surface area contributed by atoms with Gasteiger partial charge in [-0.05, 0) is 43.5 Å². The second-order valence-corrected chi connectivity index (χ2v) is 6.03. The van der Waals surface area contributed by atoms with E-state index in [2.05, 4.69) is 27.3 Å². The summed E-state index contributed by atoms with van der Waals surface area (Å²) in [4.78, 5) is 28.9. The molecule has 0 aliphatic carbocycles. The second-order valence-electron chi connectivity index (χ2n) is 6.03. The molecule has 0 radical (unpaired) electrons. The maximum atomic E-state index is 12.1. The molecule has 2 N–H and O–H groups in total. The van der Waals surface area contributed by atoms with E-state index >= 15 is 0 Å². The second kappa shape index (κ2) is 6.69. The van der Waals surface area contributed by atoms with E-state index in [1.165, 1.54) is 5.69 Å². The van der Waals surface area contributed by atoms with E-state index in [0.29, 0.717) is 12.5 Å². The first kappa shape index (κ1) is 15.3. The highest BCUT2D eigenvalue weighted by atomic mass is 16.2. The summed E-state index contributed by atoms with van der Waals surface area (Å²) >= 11 is 0. The smallest absolute Gasteiger partial charge is 0.260 e. The molecule has 1 atom stereocenters. The maximum absolute atomic E-state index is 12.1. The molecule has 1 aliphatic heterocycles. The number of carbonyl (C=O) groups excluding carboxylic acids is 1. The third kappa shape index (κ3) is 3.62. The molecule has 1 saturated heterocycles. The third-order valence-electron chi connectivity index (χ3n) is 4.26. The molecule has 5 heteroatoms. The van der Waals surface area contributed by atoms with Gasteiger partial charge in [0.25, 0.3) is 11.5 Å². The fourth-order valence-electron chi connectivity index (χ4n) is 2.96. The number of pyridine rings is 1. The van der Waals surface area contributed by atoms with Crippen LogP contribution in [0.2, 0.25) is 0 Å². The molecule has 2 heterocycles. The highest BCUT2D eigenvalue weighted by molar-refractivity contribution is 5.93. The van der Waals surface area contributed by atoms with Crippen molar-refractivity contribution in [1.29, 1.82) is 0 Å². The van der Waals surface area contributed by atoms with Gasteiger partial charge in [-0.2, -0.15) is 0 Å². The Labute approximate surface area is 135 Å². The Bertz CT molecular complexity index is 739. The molecular formula is C18H21N3O2. The Morgan fingerprint density at radius 3 is 2.78 bits per heavy atom. The number of rotatable bonds is 4. The predicted octanol–water partition coefficient (Wildman–Crippen LogP) is 1.94. The van der Waals surface area contributed by atoms with Gasteiger partial charge in [-0.25, -0.2) is 0 Å². The fourth-order valence-corrected chi connectivity index (χ4v) is 2.96. The minimum Gasteiger partial charge on any atom is -0.371 e. The Morgan fingerprint density at radius 2 is 2.04 bits per heavy atom. The lowest BCUT2D eigenvalue weighted by molar-refractivity contribution is 0.0946. The van der Waals surface area contributed by atoms with Crippen LogP contribution in [0.5, 0.6) is 0 Å². The highest BCUT2D eigenvalue weighted by Crippen LogP contribution is 2.22. The molecule has 1 amide bonds. The quantitative estimate of drug-likeness (QED) is 0.907. The largest absolute Gasteiger partial charge is 0.371 e. The van der Waals surface area contributed by atoms with Crippen molar-refractivity contribution in [2.45, 2.75) is 13.3 Å². The number of aromatic amines is 1. The van der Waals surface area contributed by atoms with Crippen molar-refractivity contribution in [2.24, 2.45) is 5.92 Å². The van der Waals surface area contributed by atoms with Crippen molar-refractivity contribution < 1.29 is 4.79 Å². The number of para-hydroxylation sites is 1. The molecule has 1 fully saturated rings. The van der Waals surface area contributed by atoms with E-state index in [1.54, 1.807) is 19.1 Å². The van der Waals surface area contributed by atoms with Crippen LogP contribution in [-0.2, 0) is 0 Å². The first-order chi connectivity index (χ1) is 11.1. The van der Waals surface area contributed by atoms with Crippen molar-refractivity contribution >= 4 is 11.6 Å². The van der Waals surface area contributed by atoms with Gasteiger partial charge in [0.15, 0.2) is 0 Å². The molecule has 0 bridgehead atoms. The molecular weight excluding hydrogens is 290 g/mol. The summed E-state index contributed by atoms with van der Waals surface area (Å²) in [5.74, 6) is 0.105. The zero-order valence-corrected chi connectivity index (χ0v) is 13.2. The van der Waals surface area contributed by atoms with Gasteiger partial charge in [0.05, 0.1) is 0 Å². The van der Waals surface area contributed by atoms with E-state index in [-0.39, 0.29) is 17.0 Å². The minimum absolute atomic E-state index is 0.175. The number of aryl methyl sites for hydroxylation is 1. The normalized spacial score (nSPS) is 17.3. The average molecular weight is 311 g/mol. The first-order valence-corrected chi connectivity index (χ1v) is 7.91. The number of carbonyl (C=O) groups is 1. The van der Waals surface area contributed by atoms with E-state index in [0.717, 1.165) is 25.2 Å². The Kier molecular flexibility index (Phi) is 4.46. The number of nitrogens with zero attached hydrogens (tertiary/aromatic N) is 1. The van der Waals surface area contributed by atoms with Crippen LogP contribution >= 0.6 is 0 Å². The molecule has 1 aromatic heterocycles. The van der Waals surface area contributed by atoms with Gasteiger partial charge in [-0.1, -0.05) is 18.2 Å². The van der Waals surface area contributed by atoms with Crippen LogP contribution in [0.25, 0.3) is 0 Å². The average Bonchev–Trinajstić information content (AvgIpc) is 3.02. The van der Waals surface area contributed by atoms with Gasteiger partial charge in [-0.15, -0.1) is 0 Å². The number of anilines is 1. The van der Waals surface area contributed by atoms with Gasteiger partial charge in [0.2, 0.25) is 0 Å². The number of H-pyrrole nitrogens is 1. The molecule has 0 spiro atoms. The standard InChI is InChI=1S/C18H21N3O2/c1-13-7-8-16(18(23)20-13)17(22)19-11-14-9-10-21(12-14)15-5-3-2-4-6-15/h2-8,14H,9-12H2,1H3,(H,19,22)(H,20,23). The molecule has 5 nitrogen and oxygen atoms in total. The van der Waals surface area contributed by atoms with Crippen molar-refractivity contribution in [3.05, 3.63) is 64.1 Å². The highest BCUT2D eigenvalue weighted by Gasteiger charge is 2.23. The van der Waals surface area contributed by atoms with Crippen LogP contribution in [-0.4, -0.2) is 30.5 Å². The summed E-state index contributed by atoms with van der Waals surface area (Å²) in [6.07, 6.45) is 1.04. The van der Waals surface area contributed by atoms with Crippen LogP contribution in [0.3, 0.4) is 0 Å². The number of aromatic nitrogens is 1. The zero-order valence-electron chi connectivity index (χ0n) is 13.2. The monoisotopic (exact) mass is 311 g/mol. The van der Waals surface area contributed by atoms with Crippen molar-refractivity contribution in [1.82, 2.24) is 10.3 Å². The van der Waals surface area contributed by atoms with Gasteiger partial charge in [0.1, 0.15) is 5.56 Å². The molecule has 3 rings (SSSR count). The molecule has 0 saturated carbocycles. The molecule has 1 aromatic carbocycles. The topological polar surface area (TPSA) is 65.2 Å². The molecule has 1 unspecified atom stereocenters. The Hall–Kier alpha value is -2.56. The summed E-state index contributed by atoms with van der Waals surface area (Å²) in [6, 6.07) is 13.6. The number of hydrogen-bond donors (Lipinski definition) is 2. The zero-order chi connectivity index (χ0) is 16.2. The minimum atomic E-state index is -0.333. The van der Waals surface area contributed by atoms with E-state index < -0.39 is 0 Å². The number of hydrogen-bond acceptors (Lipinski definition) is 3. The van der Waals surface area contributed by atoms with Crippen LogP contribution in [0, 0.1) is 12.8 Å². The Morgan fingerprint density at radius 1 is 1.26 bits per heavy atom. The first-order valence-electron chi connectivity index (χ1n) is 7.91. The van der Waals surface area contributed by atoms with Gasteiger partial charge >= 0.3 is 0 Å². The van der Waals surface area contributed by atoms with Crippen LogP contribution in [0.15, 0.2) is 47.3 Å². The van der Waals surface area contributed by atoms with E-state index in [9.17, 15) is 9.59 Å². The lowest BCUT2D eigenvalue weighted by atomic mass is 10.1. The van der Waals surface area contributed by atoms with Crippen LogP contribution < -0.4 is 15.8 Å². The lowest BCUT2D eigenvalue weighted by Crippen LogP contribution is -2.34. The van der Waals surface area contributed by atoms with Gasteiger partial charge in [0, 0.05) is 31.0 Å². The summed E-state index contributed by atoms with van der Waals surface area (Å²) in [5.41, 5.74) is 1.81. The predicted molar refractivity (Wildman–Crippen MR) is 90.9 cm³/mol. The summed E-state index contributed by atoms with van der Waals surface area (Å²) in [6.45, 7) is 4.31. The number of amides is 1. The summed E-state index contributed by atoms with van der Waals surface area (Å²) < 4.78 is 0. The summed E-state index contributed by atoms with van der Waals surface area (Å²) in [5, 5.41) is 2.89. The maximum Gasteiger partial charge on any atom is 0.260 e. The van der Waals surface area contributed by atoms with Gasteiger partial charge in [-0.3, -0.25) is 9.59 Å². The van der Waals surface area contributed by atoms with E-state index in [4.69, 9.17) is 0 Å². The molecule has 2 aromatic rings. The van der Waals surface area contributed by atoms with Crippen molar-refractivity contribution in [2.75, 3.05) is 24.5 Å². The fraction of sp³-hybridized carbons (Fsp3) is 0.333. The lowest BCUT2D eigenvalue weighted by Gasteiger charge is -2.18. The molecule has 1 aliphatic rings. The molecule has 23 heavy (non-hydrogen) atoms. The SMILES string of the molecule is Cc1ccc(C(=O)NCC2CCN(c3ccccc3)C2)c(=O)[nH]1. The van der Waals surface area contributed by atoms with Crippen molar-refractivity contribution in [3.63, 3.8) is 0 Å².